The van der Waals surface area contributed by atoms with Crippen LogP contribution in [0.1, 0.15) is 48.6 Å². The van der Waals surface area contributed by atoms with Crippen LogP contribution in [0.15, 0.2) is 18.6 Å². The van der Waals surface area contributed by atoms with Crippen LogP contribution in [0.3, 0.4) is 0 Å². The summed E-state index contributed by atoms with van der Waals surface area (Å²) in [6.45, 7) is 5.48. The van der Waals surface area contributed by atoms with Gasteiger partial charge in [0.15, 0.2) is 0 Å². The number of carbonyl (C=O) groups is 1. The number of aromatic nitrogens is 5. The van der Waals surface area contributed by atoms with Crippen molar-refractivity contribution in [2.24, 2.45) is 0 Å². The van der Waals surface area contributed by atoms with Crippen molar-refractivity contribution in [1.82, 2.24) is 30.0 Å². The highest BCUT2D eigenvalue weighted by Crippen LogP contribution is 2.16. The number of nitrogens with one attached hydrogen (secondary N) is 1. The molecule has 3 heterocycles. The molecule has 1 fully saturated rings. The first kappa shape index (κ1) is 17.2. The molecule has 0 aliphatic carbocycles. The van der Waals surface area contributed by atoms with Crippen LogP contribution in [0, 0.1) is 0 Å². The Morgan fingerprint density at radius 1 is 1.16 bits per heavy atom. The minimum Gasteiger partial charge on any atom is -0.350 e. The number of likely N-dealkylation sites (tertiary alicyclic amines) is 1. The van der Waals surface area contributed by atoms with E-state index < -0.39 is 0 Å². The van der Waals surface area contributed by atoms with Gasteiger partial charge in [0, 0.05) is 31.5 Å². The van der Waals surface area contributed by atoms with E-state index in [1.54, 1.807) is 6.20 Å². The summed E-state index contributed by atoms with van der Waals surface area (Å²) in [7, 11) is 0. The summed E-state index contributed by atoms with van der Waals surface area (Å²) in [5.41, 5.74) is 2.34. The van der Waals surface area contributed by atoms with Gasteiger partial charge in [-0.15, -0.1) is 5.10 Å². The van der Waals surface area contributed by atoms with Gasteiger partial charge in [0.2, 0.25) is 5.95 Å². The third-order valence-electron chi connectivity index (χ3n) is 4.41. The van der Waals surface area contributed by atoms with E-state index in [0.717, 1.165) is 37.1 Å². The number of anilines is 1. The standard InChI is InChI=1S/C17H23N7O/c1-3-13-14(4-2)22-23-17(21-13)20-12-5-9-24(10-6-12)16(25)15-11-18-7-8-19-15/h7-8,11-12H,3-6,9-10H2,1-2H3,(H,20,21,23). The molecule has 1 aliphatic heterocycles. The van der Waals surface area contributed by atoms with E-state index in [0.29, 0.717) is 24.7 Å². The molecule has 8 heteroatoms. The highest BCUT2D eigenvalue weighted by atomic mass is 16.2. The number of piperidine rings is 1. The predicted octanol–water partition coefficient (Wildman–Crippen LogP) is 1.50. The van der Waals surface area contributed by atoms with Crippen molar-refractivity contribution >= 4 is 11.9 Å². The average Bonchev–Trinajstić information content (AvgIpc) is 2.68. The molecular formula is C17H23N7O. The predicted molar refractivity (Wildman–Crippen MR) is 93.2 cm³/mol. The molecule has 0 saturated carbocycles. The van der Waals surface area contributed by atoms with Crippen molar-refractivity contribution in [2.75, 3.05) is 18.4 Å². The van der Waals surface area contributed by atoms with Crippen molar-refractivity contribution in [3.63, 3.8) is 0 Å². The Bertz CT molecular complexity index is 714. The summed E-state index contributed by atoms with van der Waals surface area (Å²) in [6.07, 6.45) is 7.98. The normalized spacial score (nSPS) is 15.2. The van der Waals surface area contributed by atoms with Gasteiger partial charge in [-0.2, -0.15) is 5.10 Å². The third-order valence-corrected chi connectivity index (χ3v) is 4.41. The molecule has 0 spiro atoms. The number of hydrogen-bond acceptors (Lipinski definition) is 7. The molecule has 3 rings (SSSR count). The van der Waals surface area contributed by atoms with Crippen LogP contribution in [0.25, 0.3) is 0 Å². The van der Waals surface area contributed by atoms with Crippen LogP contribution in [-0.2, 0) is 12.8 Å². The number of amides is 1. The lowest BCUT2D eigenvalue weighted by Crippen LogP contribution is -2.43. The van der Waals surface area contributed by atoms with Gasteiger partial charge in [-0.25, -0.2) is 9.97 Å². The van der Waals surface area contributed by atoms with E-state index >= 15 is 0 Å². The summed E-state index contributed by atoms with van der Waals surface area (Å²) in [4.78, 5) is 26.8. The second-order valence-electron chi connectivity index (χ2n) is 6.04. The third kappa shape index (κ3) is 4.07. The second kappa shape index (κ2) is 7.96. The molecule has 2 aromatic rings. The largest absolute Gasteiger partial charge is 0.350 e. The molecule has 0 bridgehead atoms. The maximum Gasteiger partial charge on any atom is 0.274 e. The number of nitrogens with zero attached hydrogens (tertiary/aromatic N) is 6. The van der Waals surface area contributed by atoms with Crippen LogP contribution >= 0.6 is 0 Å². The fraction of sp³-hybridized carbons (Fsp3) is 0.529. The minimum absolute atomic E-state index is 0.0648. The van der Waals surface area contributed by atoms with Gasteiger partial charge in [0.25, 0.3) is 5.91 Å². The summed E-state index contributed by atoms with van der Waals surface area (Å²) in [5.74, 6) is 0.512. The topological polar surface area (TPSA) is 96.8 Å². The molecule has 0 radical (unpaired) electrons. The highest BCUT2D eigenvalue weighted by molar-refractivity contribution is 5.92. The minimum atomic E-state index is -0.0648. The van der Waals surface area contributed by atoms with E-state index in [1.807, 2.05) is 4.90 Å². The fourth-order valence-electron chi connectivity index (χ4n) is 2.98. The van der Waals surface area contributed by atoms with E-state index in [2.05, 4.69) is 44.3 Å². The zero-order valence-electron chi connectivity index (χ0n) is 14.6. The Kier molecular flexibility index (Phi) is 5.47. The zero-order valence-corrected chi connectivity index (χ0v) is 14.6. The monoisotopic (exact) mass is 341 g/mol. The van der Waals surface area contributed by atoms with Crippen molar-refractivity contribution in [3.05, 3.63) is 35.7 Å². The molecule has 1 N–H and O–H groups in total. The average molecular weight is 341 g/mol. The molecular weight excluding hydrogens is 318 g/mol. The van der Waals surface area contributed by atoms with Gasteiger partial charge in [-0.3, -0.25) is 9.78 Å². The van der Waals surface area contributed by atoms with E-state index in [9.17, 15) is 4.79 Å². The van der Waals surface area contributed by atoms with Crippen molar-refractivity contribution in [1.29, 1.82) is 0 Å². The smallest absolute Gasteiger partial charge is 0.274 e. The van der Waals surface area contributed by atoms with Crippen LogP contribution in [0.4, 0.5) is 5.95 Å². The summed E-state index contributed by atoms with van der Waals surface area (Å²) in [6, 6.07) is 0.241. The van der Waals surface area contributed by atoms with Gasteiger partial charge in [0.1, 0.15) is 5.69 Å². The van der Waals surface area contributed by atoms with Crippen molar-refractivity contribution < 1.29 is 4.79 Å². The van der Waals surface area contributed by atoms with Crippen LogP contribution < -0.4 is 5.32 Å². The molecule has 1 aliphatic rings. The molecule has 8 nitrogen and oxygen atoms in total. The van der Waals surface area contributed by atoms with Crippen LogP contribution in [-0.4, -0.2) is 55.1 Å². The van der Waals surface area contributed by atoms with Gasteiger partial charge in [-0.1, -0.05) is 13.8 Å². The zero-order chi connectivity index (χ0) is 17.6. The van der Waals surface area contributed by atoms with E-state index in [1.165, 1.54) is 12.4 Å². The lowest BCUT2D eigenvalue weighted by atomic mass is 10.0. The van der Waals surface area contributed by atoms with E-state index in [4.69, 9.17) is 0 Å². The lowest BCUT2D eigenvalue weighted by molar-refractivity contribution is 0.0712. The van der Waals surface area contributed by atoms with E-state index in [-0.39, 0.29) is 11.9 Å². The maximum atomic E-state index is 12.4. The van der Waals surface area contributed by atoms with Gasteiger partial charge in [0.05, 0.1) is 17.6 Å². The summed E-state index contributed by atoms with van der Waals surface area (Å²) >= 11 is 0. The molecule has 1 saturated heterocycles. The Labute approximate surface area is 147 Å². The first-order valence-corrected chi connectivity index (χ1v) is 8.75. The molecule has 0 atom stereocenters. The molecule has 1 amide bonds. The summed E-state index contributed by atoms with van der Waals surface area (Å²) < 4.78 is 0. The molecule has 132 valence electrons. The molecule has 2 aromatic heterocycles. The SMILES string of the molecule is CCc1nnc(NC2CCN(C(=O)c3cnccn3)CC2)nc1CC. The Balaban J connectivity index is 1.57. The summed E-state index contributed by atoms with van der Waals surface area (Å²) in [5, 5.41) is 11.8. The van der Waals surface area contributed by atoms with Crippen LogP contribution in [0.5, 0.6) is 0 Å². The number of hydrogen-bond donors (Lipinski definition) is 1. The molecule has 0 aromatic carbocycles. The second-order valence-corrected chi connectivity index (χ2v) is 6.04. The van der Waals surface area contributed by atoms with Gasteiger partial charge < -0.3 is 10.2 Å². The van der Waals surface area contributed by atoms with Crippen molar-refractivity contribution in [2.45, 2.75) is 45.6 Å². The van der Waals surface area contributed by atoms with Gasteiger partial charge >= 0.3 is 0 Å². The number of carbonyl (C=O) groups excluding carboxylic acids is 1. The molecule has 0 unspecified atom stereocenters. The highest BCUT2D eigenvalue weighted by Gasteiger charge is 2.25. The first-order chi connectivity index (χ1) is 12.2. The van der Waals surface area contributed by atoms with Crippen LogP contribution in [0.2, 0.25) is 0 Å². The van der Waals surface area contributed by atoms with Gasteiger partial charge in [-0.05, 0) is 25.7 Å². The first-order valence-electron chi connectivity index (χ1n) is 8.75. The lowest BCUT2D eigenvalue weighted by Gasteiger charge is -2.32. The van der Waals surface area contributed by atoms with Crippen molar-refractivity contribution in [3.8, 4) is 0 Å². The number of rotatable bonds is 5. The Morgan fingerprint density at radius 3 is 2.56 bits per heavy atom. The number of aryl methyl sites for hydroxylation is 2. The Morgan fingerprint density at radius 2 is 1.92 bits per heavy atom. The molecule has 25 heavy (non-hydrogen) atoms. The quantitative estimate of drug-likeness (QED) is 0.880. The fourth-order valence-corrected chi connectivity index (χ4v) is 2.98. The maximum absolute atomic E-state index is 12.4. The Hall–Kier alpha value is -2.64.